The monoisotopic (exact) mass is 555 g/mol. The van der Waals surface area contributed by atoms with Gasteiger partial charge in [-0.05, 0) is 62.8 Å². The maximum absolute atomic E-state index is 12.5. The van der Waals surface area contributed by atoms with Gasteiger partial charge >= 0.3 is 6.09 Å². The van der Waals surface area contributed by atoms with E-state index in [1.54, 1.807) is 30.0 Å². The molecule has 2 aromatic rings. The zero-order valence-corrected chi connectivity index (χ0v) is 24.6. The van der Waals surface area contributed by atoms with E-state index in [2.05, 4.69) is 30.0 Å². The first kappa shape index (κ1) is 28.9. The summed E-state index contributed by atoms with van der Waals surface area (Å²) in [6.07, 6.45) is 8.35. The van der Waals surface area contributed by atoms with Gasteiger partial charge in [-0.2, -0.15) is 0 Å². The summed E-state index contributed by atoms with van der Waals surface area (Å²) >= 11 is 0. The van der Waals surface area contributed by atoms with Crippen LogP contribution in [0.5, 0.6) is 0 Å². The van der Waals surface area contributed by atoms with E-state index in [0.29, 0.717) is 24.4 Å². The van der Waals surface area contributed by atoms with Crippen LogP contribution in [-0.4, -0.2) is 73.7 Å². The average Bonchev–Trinajstić information content (AvgIpc) is 3.31. The first-order valence-electron chi connectivity index (χ1n) is 13.8. The summed E-state index contributed by atoms with van der Waals surface area (Å²) in [5.41, 5.74) is 3.54. The number of nitrogens with zero attached hydrogens (tertiary/aromatic N) is 5. The van der Waals surface area contributed by atoms with Crippen LogP contribution in [0.1, 0.15) is 63.8 Å². The van der Waals surface area contributed by atoms with Crippen molar-refractivity contribution in [1.29, 1.82) is 0 Å². The van der Waals surface area contributed by atoms with Gasteiger partial charge in [0, 0.05) is 44.9 Å². The predicted molar refractivity (Wildman–Crippen MR) is 155 cm³/mol. The average molecular weight is 556 g/mol. The molecule has 0 saturated carbocycles. The highest BCUT2D eigenvalue weighted by atomic mass is 32.2. The van der Waals surface area contributed by atoms with E-state index < -0.39 is 9.84 Å². The normalized spacial score (nSPS) is 20.4. The SMILES string of the molecule is C=CC(C)OC(=O)N1CCC(n2cnc3c2N(C)CCC(CC)C3=Nc2ccc(S(C)(=O)=O)cc2CC)CC1. The molecule has 3 heterocycles. The minimum Gasteiger partial charge on any atom is -0.442 e. The van der Waals surface area contributed by atoms with Crippen molar-refractivity contribution in [3.8, 4) is 0 Å². The fourth-order valence-electron chi connectivity index (χ4n) is 5.43. The predicted octanol–water partition coefficient (Wildman–Crippen LogP) is 5.18. The molecule has 1 fully saturated rings. The molecule has 1 saturated heterocycles. The standard InChI is InChI=1S/C29H41N5O4S/c1-7-20(4)38-29(35)33-16-13-23(14-17-33)34-19-30-27-26(21(8-2)12-15-32(5)28(27)34)31-25-11-10-24(39(6,36)37)18-22(25)9-3/h7,10-11,18-21,23H,1,8-9,12-17H2,2-6H3. The van der Waals surface area contributed by atoms with Crippen molar-refractivity contribution in [2.24, 2.45) is 10.9 Å². The Kier molecular flexibility index (Phi) is 8.83. The molecule has 4 rings (SSSR count). The fourth-order valence-corrected chi connectivity index (χ4v) is 6.10. The van der Waals surface area contributed by atoms with Gasteiger partial charge in [0.15, 0.2) is 9.84 Å². The lowest BCUT2D eigenvalue weighted by atomic mass is 9.95. The highest BCUT2D eigenvalue weighted by Crippen LogP contribution is 2.36. The molecule has 0 spiro atoms. The number of likely N-dealkylation sites (tertiary alicyclic amines) is 1. The molecular formula is C29H41N5O4S. The van der Waals surface area contributed by atoms with Gasteiger partial charge in [-0.3, -0.25) is 4.99 Å². The van der Waals surface area contributed by atoms with Crippen molar-refractivity contribution < 1.29 is 17.9 Å². The van der Waals surface area contributed by atoms with E-state index in [0.717, 1.165) is 60.7 Å². The number of sulfone groups is 1. The summed E-state index contributed by atoms with van der Waals surface area (Å²) in [7, 11) is -1.19. The van der Waals surface area contributed by atoms with Crippen LogP contribution >= 0.6 is 0 Å². The lowest BCUT2D eigenvalue weighted by Crippen LogP contribution is -2.40. The van der Waals surface area contributed by atoms with Crippen LogP contribution in [0.15, 0.2) is 47.1 Å². The topological polar surface area (TPSA) is 97.1 Å². The lowest BCUT2D eigenvalue weighted by Gasteiger charge is -2.34. The highest BCUT2D eigenvalue weighted by Gasteiger charge is 2.33. The number of ether oxygens (including phenoxy) is 1. The van der Waals surface area contributed by atoms with Gasteiger partial charge in [0.2, 0.25) is 0 Å². The molecule has 2 aliphatic heterocycles. The van der Waals surface area contributed by atoms with E-state index in [-0.39, 0.29) is 24.2 Å². The van der Waals surface area contributed by atoms with E-state index in [1.165, 1.54) is 6.26 Å². The number of imidazole rings is 1. The smallest absolute Gasteiger partial charge is 0.410 e. The van der Waals surface area contributed by atoms with Crippen LogP contribution in [0.4, 0.5) is 16.3 Å². The van der Waals surface area contributed by atoms with Gasteiger partial charge in [-0.15, -0.1) is 0 Å². The number of fused-ring (bicyclic) bond motifs is 1. The summed E-state index contributed by atoms with van der Waals surface area (Å²) in [6.45, 7) is 11.8. The molecule has 10 heteroatoms. The van der Waals surface area contributed by atoms with Crippen LogP contribution in [0.2, 0.25) is 0 Å². The van der Waals surface area contributed by atoms with E-state index in [1.807, 2.05) is 19.3 Å². The molecule has 0 bridgehead atoms. The molecule has 0 aliphatic carbocycles. The molecule has 0 N–H and O–H groups in total. The number of amides is 1. The number of hydrogen-bond acceptors (Lipinski definition) is 7. The molecule has 1 amide bonds. The number of benzene rings is 1. The first-order chi connectivity index (χ1) is 18.6. The van der Waals surface area contributed by atoms with E-state index in [4.69, 9.17) is 14.7 Å². The minimum atomic E-state index is -3.30. The molecule has 9 nitrogen and oxygen atoms in total. The molecular weight excluding hydrogens is 514 g/mol. The van der Waals surface area contributed by atoms with Crippen molar-refractivity contribution in [2.45, 2.75) is 69.9 Å². The quantitative estimate of drug-likeness (QED) is 0.437. The molecule has 2 aliphatic rings. The fraction of sp³-hybridized carbons (Fsp3) is 0.552. The van der Waals surface area contributed by atoms with Gasteiger partial charge in [0.05, 0.1) is 22.6 Å². The van der Waals surface area contributed by atoms with Gasteiger partial charge in [-0.25, -0.2) is 18.2 Å². The molecule has 2 unspecified atom stereocenters. The Labute approximate surface area is 232 Å². The number of hydrogen-bond donors (Lipinski definition) is 0. The van der Waals surface area contributed by atoms with Crippen LogP contribution in [0.3, 0.4) is 0 Å². The molecule has 212 valence electrons. The molecule has 0 radical (unpaired) electrons. The maximum atomic E-state index is 12.5. The van der Waals surface area contributed by atoms with Crippen molar-refractivity contribution in [1.82, 2.24) is 14.5 Å². The molecule has 1 aromatic carbocycles. The first-order valence-corrected chi connectivity index (χ1v) is 15.7. The van der Waals surface area contributed by atoms with Crippen LogP contribution < -0.4 is 4.90 Å². The number of carbonyl (C=O) groups excluding carboxylic acids is 1. The number of piperidine rings is 1. The second-order valence-electron chi connectivity index (χ2n) is 10.6. The summed E-state index contributed by atoms with van der Waals surface area (Å²) in [4.78, 5) is 26.9. The van der Waals surface area contributed by atoms with Crippen molar-refractivity contribution in [3.05, 3.63) is 48.4 Å². The second-order valence-corrected chi connectivity index (χ2v) is 12.6. The second kappa shape index (κ2) is 11.9. The largest absolute Gasteiger partial charge is 0.442 e. The molecule has 1 aromatic heterocycles. The van der Waals surface area contributed by atoms with Crippen LogP contribution in [0, 0.1) is 5.92 Å². The van der Waals surface area contributed by atoms with Crippen LogP contribution in [-0.2, 0) is 21.0 Å². The number of rotatable bonds is 7. The van der Waals surface area contributed by atoms with E-state index in [9.17, 15) is 13.2 Å². The Balaban J connectivity index is 1.67. The number of aryl methyl sites for hydroxylation is 1. The minimum absolute atomic E-state index is 0.212. The number of aromatic nitrogens is 2. The van der Waals surface area contributed by atoms with Crippen molar-refractivity contribution >= 4 is 33.1 Å². The maximum Gasteiger partial charge on any atom is 0.410 e. The van der Waals surface area contributed by atoms with Crippen molar-refractivity contribution in [2.75, 3.05) is 37.8 Å². The Morgan fingerprint density at radius 2 is 1.95 bits per heavy atom. The number of carbonyl (C=O) groups is 1. The van der Waals surface area contributed by atoms with Crippen molar-refractivity contribution in [3.63, 3.8) is 0 Å². The Bertz CT molecular complexity index is 1340. The Morgan fingerprint density at radius 1 is 1.23 bits per heavy atom. The third-order valence-corrected chi connectivity index (χ3v) is 9.01. The van der Waals surface area contributed by atoms with Gasteiger partial charge in [0.25, 0.3) is 0 Å². The zero-order chi connectivity index (χ0) is 28.3. The van der Waals surface area contributed by atoms with Gasteiger partial charge < -0.3 is 19.1 Å². The van der Waals surface area contributed by atoms with E-state index >= 15 is 0 Å². The zero-order valence-electron chi connectivity index (χ0n) is 23.8. The molecule has 2 atom stereocenters. The third-order valence-electron chi connectivity index (χ3n) is 7.90. The highest BCUT2D eigenvalue weighted by molar-refractivity contribution is 7.90. The summed E-state index contributed by atoms with van der Waals surface area (Å²) in [6, 6.07) is 5.42. The Hall–Kier alpha value is -3.14. The number of anilines is 1. The van der Waals surface area contributed by atoms with Crippen LogP contribution in [0.25, 0.3) is 0 Å². The van der Waals surface area contributed by atoms with Gasteiger partial charge in [-0.1, -0.05) is 26.5 Å². The third kappa shape index (κ3) is 6.21. The lowest BCUT2D eigenvalue weighted by molar-refractivity contribution is 0.0744. The molecule has 39 heavy (non-hydrogen) atoms. The Morgan fingerprint density at radius 3 is 2.56 bits per heavy atom. The summed E-state index contributed by atoms with van der Waals surface area (Å²) in [5.74, 6) is 1.29. The summed E-state index contributed by atoms with van der Waals surface area (Å²) < 4.78 is 31.9. The van der Waals surface area contributed by atoms with Gasteiger partial charge in [0.1, 0.15) is 17.6 Å². The summed E-state index contributed by atoms with van der Waals surface area (Å²) in [5, 5.41) is 0. The number of aliphatic imine (C=N–C) groups is 1.